The predicted molar refractivity (Wildman–Crippen MR) is 60.7 cm³/mol. The van der Waals surface area contributed by atoms with Crippen LogP contribution in [-0.2, 0) is 19.1 Å². The van der Waals surface area contributed by atoms with Crippen LogP contribution in [0, 0.1) is 11.8 Å². The Hall–Kier alpha value is -0.340. The quantitative estimate of drug-likeness (QED) is 0.450. The number of ether oxygens (including phenoxy) is 2. The summed E-state index contributed by atoms with van der Waals surface area (Å²) in [6.07, 6.45) is 0. The zero-order valence-corrected chi connectivity index (χ0v) is 10.7. The lowest BCUT2D eigenvalue weighted by Gasteiger charge is -2.00. The highest BCUT2D eigenvalue weighted by Gasteiger charge is 2.12. The second-order valence-electron chi connectivity index (χ2n) is 2.17. The number of hydrogen-bond acceptors (Lipinski definition) is 4. The number of alkyl halides is 4. The molecule has 0 atom stereocenters. The van der Waals surface area contributed by atoms with Gasteiger partial charge in [0.05, 0.1) is 0 Å². The van der Waals surface area contributed by atoms with Crippen molar-refractivity contribution in [2.45, 2.75) is 9.67 Å². The average molecular weight is 308 g/mol. The van der Waals surface area contributed by atoms with Crippen molar-refractivity contribution in [2.75, 3.05) is 13.2 Å². The smallest absolute Gasteiger partial charge is 0.340 e. The van der Waals surface area contributed by atoms with E-state index in [0.29, 0.717) is 0 Å². The number of carbonyl (C=O) groups is 2. The first kappa shape index (κ1) is 15.7. The number of halogens is 4. The summed E-state index contributed by atoms with van der Waals surface area (Å²) in [7, 11) is 0. The van der Waals surface area contributed by atoms with Crippen molar-refractivity contribution < 1.29 is 19.1 Å². The number of hydrogen-bond donors (Lipinski definition) is 0. The molecule has 0 aromatic rings. The molecule has 0 saturated carbocycles. The topological polar surface area (TPSA) is 52.6 Å². The van der Waals surface area contributed by atoms with Gasteiger partial charge >= 0.3 is 11.9 Å². The van der Waals surface area contributed by atoms with E-state index in [1.807, 2.05) is 0 Å². The molecule has 0 saturated heterocycles. The molecule has 8 heteroatoms. The Kier molecular flexibility index (Phi) is 8.58. The molecule has 0 aromatic heterocycles. The maximum Gasteiger partial charge on any atom is 0.340 e. The van der Waals surface area contributed by atoms with Crippen molar-refractivity contribution >= 4 is 58.3 Å². The molecule has 0 aliphatic carbocycles. The lowest BCUT2D eigenvalue weighted by Crippen LogP contribution is -2.13. The van der Waals surface area contributed by atoms with Crippen LogP contribution in [-0.4, -0.2) is 34.8 Å². The van der Waals surface area contributed by atoms with E-state index in [9.17, 15) is 9.59 Å². The van der Waals surface area contributed by atoms with Gasteiger partial charge in [0.15, 0.2) is 13.2 Å². The first-order valence-electron chi connectivity index (χ1n) is 3.80. The van der Waals surface area contributed by atoms with E-state index in [4.69, 9.17) is 46.4 Å². The Balaban J connectivity index is 3.64. The van der Waals surface area contributed by atoms with Gasteiger partial charge in [-0.05, 0) is 0 Å². The summed E-state index contributed by atoms with van der Waals surface area (Å²) in [6.45, 7) is -0.394. The number of rotatable bonds is 4. The predicted octanol–water partition coefficient (Wildman–Crippen LogP) is 1.68. The molecule has 0 aliphatic rings. The van der Waals surface area contributed by atoms with Crippen molar-refractivity contribution in [3.63, 3.8) is 0 Å². The highest BCUT2D eigenvalue weighted by Crippen LogP contribution is 2.03. The molecule has 0 spiro atoms. The van der Waals surface area contributed by atoms with Crippen LogP contribution in [0.4, 0.5) is 0 Å². The Morgan fingerprint density at radius 1 is 0.875 bits per heavy atom. The molecule has 0 aromatic carbocycles. The minimum absolute atomic E-state index is 0.197. The molecular weight excluding hydrogens is 302 g/mol. The van der Waals surface area contributed by atoms with Crippen molar-refractivity contribution in [1.82, 2.24) is 0 Å². The van der Waals surface area contributed by atoms with E-state index in [1.165, 1.54) is 0 Å². The van der Waals surface area contributed by atoms with E-state index in [0.717, 1.165) is 0 Å². The molecule has 0 heterocycles. The van der Waals surface area contributed by atoms with Gasteiger partial charge in [-0.3, -0.25) is 0 Å². The van der Waals surface area contributed by atoms with Crippen LogP contribution in [0.5, 0.6) is 0 Å². The van der Waals surface area contributed by atoms with Gasteiger partial charge in [-0.2, -0.15) is 0 Å². The van der Waals surface area contributed by atoms with Gasteiger partial charge in [-0.15, -0.1) is 0 Å². The summed E-state index contributed by atoms with van der Waals surface area (Å²) >= 11 is 20.8. The van der Waals surface area contributed by atoms with Crippen LogP contribution >= 0.6 is 46.4 Å². The molecule has 90 valence electrons. The van der Waals surface area contributed by atoms with Crippen molar-refractivity contribution in [1.29, 1.82) is 0 Å². The molecule has 16 heavy (non-hydrogen) atoms. The lowest BCUT2D eigenvalue weighted by atomic mass is 10.6. The van der Waals surface area contributed by atoms with Gasteiger partial charge in [0.25, 0.3) is 0 Å². The summed E-state index contributed by atoms with van der Waals surface area (Å²) < 4.78 is 8.98. The van der Waals surface area contributed by atoms with E-state index in [-0.39, 0.29) is 13.2 Å². The molecule has 0 amide bonds. The lowest BCUT2D eigenvalue weighted by molar-refractivity contribution is -0.141. The van der Waals surface area contributed by atoms with Gasteiger partial charge in [0.1, 0.15) is 0 Å². The molecule has 0 fully saturated rings. The van der Waals surface area contributed by atoms with E-state index in [1.54, 1.807) is 0 Å². The maximum absolute atomic E-state index is 10.7. The minimum Gasteiger partial charge on any atom is -0.450 e. The van der Waals surface area contributed by atoms with Crippen molar-refractivity contribution in [2.24, 2.45) is 0 Å². The maximum atomic E-state index is 10.7. The SMILES string of the molecule is O=C(OCC#CCOC(=O)C(Cl)Cl)C(Cl)Cl. The van der Waals surface area contributed by atoms with E-state index >= 15 is 0 Å². The number of esters is 2. The fourth-order valence-corrected chi connectivity index (χ4v) is 0.694. The highest BCUT2D eigenvalue weighted by molar-refractivity contribution is 6.53. The molecule has 0 radical (unpaired) electrons. The van der Waals surface area contributed by atoms with Crippen LogP contribution in [0.25, 0.3) is 0 Å². The first-order chi connectivity index (χ1) is 7.45. The molecule has 0 rings (SSSR count). The number of carbonyl (C=O) groups excluding carboxylic acids is 2. The Labute approximate surface area is 112 Å². The average Bonchev–Trinajstić information content (AvgIpc) is 2.21. The highest BCUT2D eigenvalue weighted by atomic mass is 35.5. The molecule has 0 N–H and O–H groups in total. The Morgan fingerprint density at radius 2 is 1.19 bits per heavy atom. The standard InChI is InChI=1S/C8H6Cl4O4/c9-5(10)7(13)15-3-1-2-4-16-8(14)6(11)12/h5-6H,3-4H2. The fourth-order valence-electron chi connectivity index (χ4n) is 0.442. The molecular formula is C8H6Cl4O4. The van der Waals surface area contributed by atoms with Crippen molar-refractivity contribution in [3.05, 3.63) is 0 Å². The van der Waals surface area contributed by atoms with E-state index in [2.05, 4.69) is 21.3 Å². The zero-order chi connectivity index (χ0) is 12.6. The van der Waals surface area contributed by atoms with Crippen LogP contribution in [0.2, 0.25) is 0 Å². The monoisotopic (exact) mass is 306 g/mol. The van der Waals surface area contributed by atoms with Crippen LogP contribution in [0.1, 0.15) is 0 Å². The van der Waals surface area contributed by atoms with Crippen LogP contribution in [0.3, 0.4) is 0 Å². The Morgan fingerprint density at radius 3 is 1.44 bits per heavy atom. The van der Waals surface area contributed by atoms with Gasteiger partial charge in [-0.25, -0.2) is 9.59 Å². The summed E-state index contributed by atoms with van der Waals surface area (Å²) in [4.78, 5) is 18.9. The molecule has 0 unspecified atom stereocenters. The van der Waals surface area contributed by atoms with Gasteiger partial charge < -0.3 is 9.47 Å². The molecule has 0 bridgehead atoms. The third kappa shape index (κ3) is 7.89. The minimum atomic E-state index is -1.24. The Bertz CT molecular complexity index is 277. The van der Waals surface area contributed by atoms with Gasteiger partial charge in [-0.1, -0.05) is 58.2 Å². The molecule has 4 nitrogen and oxygen atoms in total. The summed E-state index contributed by atoms with van der Waals surface area (Å²) in [6, 6.07) is 0. The van der Waals surface area contributed by atoms with E-state index < -0.39 is 21.6 Å². The first-order valence-corrected chi connectivity index (χ1v) is 5.55. The third-order valence-electron chi connectivity index (χ3n) is 1.05. The van der Waals surface area contributed by atoms with Gasteiger partial charge in [0, 0.05) is 0 Å². The molecule has 0 aliphatic heterocycles. The normalized spacial score (nSPS) is 9.62. The van der Waals surface area contributed by atoms with Gasteiger partial charge in [0.2, 0.25) is 9.67 Å². The second-order valence-corrected chi connectivity index (χ2v) is 4.36. The van der Waals surface area contributed by atoms with Crippen LogP contribution in [0.15, 0.2) is 0 Å². The van der Waals surface area contributed by atoms with Crippen LogP contribution < -0.4 is 0 Å². The second kappa shape index (κ2) is 8.77. The summed E-state index contributed by atoms with van der Waals surface area (Å²) in [5, 5.41) is 0. The zero-order valence-electron chi connectivity index (χ0n) is 7.71. The third-order valence-corrected chi connectivity index (χ3v) is 1.77. The largest absolute Gasteiger partial charge is 0.450 e. The fraction of sp³-hybridized carbons (Fsp3) is 0.500. The summed E-state index contributed by atoms with van der Waals surface area (Å²) in [5.74, 6) is 3.19. The summed E-state index contributed by atoms with van der Waals surface area (Å²) in [5.41, 5.74) is 0. The van der Waals surface area contributed by atoms with Crippen molar-refractivity contribution in [3.8, 4) is 11.8 Å².